The van der Waals surface area contributed by atoms with E-state index in [1.807, 2.05) is 12.1 Å². The van der Waals surface area contributed by atoms with Crippen LogP contribution in [0.3, 0.4) is 0 Å². The van der Waals surface area contributed by atoms with Crippen LogP contribution in [0.2, 0.25) is 0 Å². The highest BCUT2D eigenvalue weighted by Crippen LogP contribution is 2.13. The number of unbranched alkanes of at least 4 members (excludes halogenated alkanes) is 9. The highest BCUT2D eigenvalue weighted by molar-refractivity contribution is 5.76. The molecule has 1 aromatic rings. The summed E-state index contributed by atoms with van der Waals surface area (Å²) in [6, 6.07) is 6.64. The van der Waals surface area contributed by atoms with Gasteiger partial charge in [0.15, 0.2) is 0 Å². The fraction of sp³-hybridized carbons (Fsp3) is 0.682. The zero-order valence-corrected chi connectivity index (χ0v) is 16.6. The molecule has 0 amide bonds. The maximum Gasteiger partial charge on any atom is 0.323 e. The van der Waals surface area contributed by atoms with Crippen LogP contribution < -0.4 is 5.32 Å². The summed E-state index contributed by atoms with van der Waals surface area (Å²) in [4.78, 5) is 12.0. The van der Waals surface area contributed by atoms with Crippen LogP contribution in [0.4, 0.5) is 0 Å². The lowest BCUT2D eigenvalue weighted by Crippen LogP contribution is -2.40. The fourth-order valence-electron chi connectivity index (χ4n) is 3.14. The zero-order valence-electron chi connectivity index (χ0n) is 16.6. The van der Waals surface area contributed by atoms with Crippen LogP contribution in [0.5, 0.6) is 5.75 Å². The molecule has 4 nitrogen and oxygen atoms in total. The Labute approximate surface area is 159 Å². The van der Waals surface area contributed by atoms with E-state index in [0.717, 1.165) is 18.5 Å². The molecule has 0 saturated heterocycles. The van der Waals surface area contributed by atoms with E-state index in [4.69, 9.17) is 4.74 Å². The molecule has 0 saturated carbocycles. The highest BCUT2D eigenvalue weighted by Gasteiger charge is 2.18. The second-order valence-corrected chi connectivity index (χ2v) is 7.08. The smallest absolute Gasteiger partial charge is 0.323 e. The lowest BCUT2D eigenvalue weighted by atomic mass is 10.0. The van der Waals surface area contributed by atoms with Crippen LogP contribution in [0.25, 0.3) is 0 Å². The van der Waals surface area contributed by atoms with Crippen LogP contribution in [0, 0.1) is 0 Å². The normalized spacial score (nSPS) is 12.1. The third-order valence-electron chi connectivity index (χ3n) is 4.78. The Hall–Kier alpha value is -1.55. The van der Waals surface area contributed by atoms with E-state index < -0.39 is 0 Å². The van der Waals surface area contributed by atoms with Gasteiger partial charge in [0.25, 0.3) is 0 Å². The molecule has 148 valence electrons. The van der Waals surface area contributed by atoms with E-state index in [1.165, 1.54) is 64.9 Å². The molecule has 0 aliphatic carbocycles. The monoisotopic (exact) mass is 363 g/mol. The topological polar surface area (TPSA) is 58.6 Å². The second kappa shape index (κ2) is 14.6. The number of rotatable bonds is 15. The third kappa shape index (κ3) is 10.4. The molecule has 0 heterocycles. The molecule has 0 aliphatic heterocycles. The predicted octanol–water partition coefficient (Wildman–Crippen LogP) is 4.99. The molecule has 0 radical (unpaired) electrons. The van der Waals surface area contributed by atoms with Crippen LogP contribution in [-0.2, 0) is 16.0 Å². The number of ether oxygens (including phenoxy) is 1. The molecule has 0 unspecified atom stereocenters. The van der Waals surface area contributed by atoms with Crippen molar-refractivity contribution in [1.29, 1.82) is 0 Å². The molecule has 0 bridgehead atoms. The number of benzene rings is 1. The Bertz CT molecular complexity index is 473. The van der Waals surface area contributed by atoms with E-state index in [1.54, 1.807) is 12.1 Å². The molecule has 0 aliphatic rings. The molecule has 0 fully saturated rings. The number of methoxy groups -OCH3 is 1. The van der Waals surface area contributed by atoms with Gasteiger partial charge in [-0.2, -0.15) is 0 Å². The second-order valence-electron chi connectivity index (χ2n) is 7.08. The Balaban J connectivity index is 2.14. The number of phenolic OH excluding ortho intramolecular Hbond substituents is 1. The number of phenols is 1. The zero-order chi connectivity index (χ0) is 19.0. The van der Waals surface area contributed by atoms with Crippen molar-refractivity contribution < 1.29 is 14.6 Å². The van der Waals surface area contributed by atoms with Crippen molar-refractivity contribution in [2.24, 2.45) is 0 Å². The largest absolute Gasteiger partial charge is 0.508 e. The van der Waals surface area contributed by atoms with Crippen molar-refractivity contribution in [3.05, 3.63) is 29.8 Å². The average molecular weight is 364 g/mol. The van der Waals surface area contributed by atoms with Crippen molar-refractivity contribution in [3.8, 4) is 5.75 Å². The van der Waals surface area contributed by atoms with Crippen molar-refractivity contribution >= 4 is 5.97 Å². The molecule has 1 rings (SSSR count). The van der Waals surface area contributed by atoms with E-state index in [0.29, 0.717) is 6.42 Å². The van der Waals surface area contributed by atoms with E-state index in [-0.39, 0.29) is 17.8 Å². The number of hydrogen-bond acceptors (Lipinski definition) is 4. The van der Waals surface area contributed by atoms with Gasteiger partial charge < -0.3 is 15.2 Å². The van der Waals surface area contributed by atoms with E-state index >= 15 is 0 Å². The maximum atomic E-state index is 12.0. The average Bonchev–Trinajstić information content (AvgIpc) is 2.66. The van der Waals surface area contributed by atoms with Gasteiger partial charge in [-0.05, 0) is 37.1 Å². The first kappa shape index (κ1) is 22.5. The number of carbonyl (C=O) groups excluding carboxylic acids is 1. The minimum atomic E-state index is -0.330. The minimum absolute atomic E-state index is 0.231. The summed E-state index contributed by atoms with van der Waals surface area (Å²) < 4.78 is 4.91. The number of esters is 1. The molecule has 0 spiro atoms. The van der Waals surface area contributed by atoms with Crippen molar-refractivity contribution in [1.82, 2.24) is 5.32 Å². The summed E-state index contributed by atoms with van der Waals surface area (Å²) in [6.07, 6.45) is 13.6. The summed E-state index contributed by atoms with van der Waals surface area (Å²) in [5.74, 6) is 0.00634. The molecule has 1 aromatic carbocycles. The van der Waals surface area contributed by atoms with Gasteiger partial charge in [-0.3, -0.25) is 4.79 Å². The van der Waals surface area contributed by atoms with Gasteiger partial charge in [-0.1, -0.05) is 76.8 Å². The number of aromatic hydroxyl groups is 1. The summed E-state index contributed by atoms with van der Waals surface area (Å²) in [5.41, 5.74) is 1.01. The Kier molecular flexibility index (Phi) is 12.6. The van der Waals surface area contributed by atoms with Crippen LogP contribution in [0.1, 0.15) is 76.7 Å². The molecule has 1 atom stereocenters. The standard InChI is InChI=1S/C22H37NO3/c1-3-4-5-6-7-8-9-10-11-12-17-23-21(22(25)26-2)18-19-13-15-20(24)16-14-19/h13-16,21,23-24H,3-12,17-18H2,1-2H3/t21-/m0/s1. The van der Waals surface area contributed by atoms with Crippen LogP contribution in [0.15, 0.2) is 24.3 Å². The fourth-order valence-corrected chi connectivity index (χ4v) is 3.14. The first-order chi connectivity index (χ1) is 12.7. The lowest BCUT2D eigenvalue weighted by molar-refractivity contribution is -0.143. The molecule has 2 N–H and O–H groups in total. The Morgan fingerprint density at radius 1 is 0.962 bits per heavy atom. The molecule has 0 aromatic heterocycles. The number of nitrogens with one attached hydrogen (secondary N) is 1. The maximum absolute atomic E-state index is 12.0. The first-order valence-electron chi connectivity index (χ1n) is 10.3. The third-order valence-corrected chi connectivity index (χ3v) is 4.78. The Morgan fingerprint density at radius 3 is 2.04 bits per heavy atom. The number of carbonyl (C=O) groups is 1. The van der Waals surface area contributed by atoms with Crippen molar-refractivity contribution in [2.75, 3.05) is 13.7 Å². The van der Waals surface area contributed by atoms with Gasteiger partial charge in [0, 0.05) is 0 Å². The predicted molar refractivity (Wildman–Crippen MR) is 107 cm³/mol. The summed E-state index contributed by atoms with van der Waals surface area (Å²) in [7, 11) is 1.42. The Morgan fingerprint density at radius 2 is 1.50 bits per heavy atom. The van der Waals surface area contributed by atoms with Gasteiger partial charge in [0.1, 0.15) is 11.8 Å². The lowest BCUT2D eigenvalue weighted by Gasteiger charge is -2.16. The van der Waals surface area contributed by atoms with E-state index in [9.17, 15) is 9.90 Å². The van der Waals surface area contributed by atoms with Crippen molar-refractivity contribution in [2.45, 2.75) is 83.6 Å². The van der Waals surface area contributed by atoms with Gasteiger partial charge in [0.05, 0.1) is 7.11 Å². The van der Waals surface area contributed by atoms with Crippen molar-refractivity contribution in [3.63, 3.8) is 0 Å². The minimum Gasteiger partial charge on any atom is -0.508 e. The number of hydrogen-bond donors (Lipinski definition) is 2. The van der Waals surface area contributed by atoms with Gasteiger partial charge >= 0.3 is 5.97 Å². The van der Waals surface area contributed by atoms with Crippen LogP contribution >= 0.6 is 0 Å². The van der Waals surface area contributed by atoms with Crippen LogP contribution in [-0.4, -0.2) is 30.8 Å². The molecular formula is C22H37NO3. The summed E-state index contributed by atoms with van der Waals surface area (Å²) in [6.45, 7) is 3.08. The summed E-state index contributed by atoms with van der Waals surface area (Å²) >= 11 is 0. The molecular weight excluding hydrogens is 326 g/mol. The van der Waals surface area contributed by atoms with Gasteiger partial charge in [0.2, 0.25) is 0 Å². The van der Waals surface area contributed by atoms with Gasteiger partial charge in [-0.25, -0.2) is 0 Å². The molecule has 4 heteroatoms. The SMILES string of the molecule is CCCCCCCCCCCCN[C@@H](Cc1ccc(O)cc1)C(=O)OC. The quantitative estimate of drug-likeness (QED) is 0.340. The first-order valence-corrected chi connectivity index (χ1v) is 10.3. The van der Waals surface area contributed by atoms with E-state index in [2.05, 4.69) is 12.2 Å². The highest BCUT2D eigenvalue weighted by atomic mass is 16.5. The molecule has 26 heavy (non-hydrogen) atoms. The van der Waals surface area contributed by atoms with Gasteiger partial charge in [-0.15, -0.1) is 0 Å². The summed E-state index contributed by atoms with van der Waals surface area (Å²) in [5, 5.41) is 12.7.